The highest BCUT2D eigenvalue weighted by molar-refractivity contribution is 5.64. The van der Waals surface area contributed by atoms with E-state index in [2.05, 4.69) is 25.6 Å². The molecule has 0 saturated heterocycles. The maximum Gasteiger partial charge on any atom is 0.573 e. The summed E-state index contributed by atoms with van der Waals surface area (Å²) in [5, 5.41) is 0. The molecule has 0 aliphatic rings. The Morgan fingerprint density at radius 3 is 2.35 bits per heavy atom. The molecule has 0 spiro atoms. The third-order valence-electron chi connectivity index (χ3n) is 4.59. The van der Waals surface area contributed by atoms with Crippen LogP contribution in [-0.2, 0) is 10.3 Å². The molecule has 31 heavy (non-hydrogen) atoms. The average Bonchev–Trinajstić information content (AvgIpc) is 2.75. The van der Waals surface area contributed by atoms with Gasteiger partial charge in [-0.3, -0.25) is 4.98 Å². The fourth-order valence-electron chi connectivity index (χ4n) is 3.18. The highest BCUT2D eigenvalue weighted by Crippen LogP contribution is 2.36. The smallest absolute Gasteiger partial charge is 0.406 e. The van der Waals surface area contributed by atoms with E-state index in [1.54, 1.807) is 24.5 Å². The Bertz CT molecular complexity index is 1070. The summed E-state index contributed by atoms with van der Waals surface area (Å²) in [6.07, 6.45) is 6.92. The minimum absolute atomic E-state index is 0.0153. The van der Waals surface area contributed by atoms with E-state index in [1.165, 1.54) is 18.6 Å². The van der Waals surface area contributed by atoms with Crippen molar-refractivity contribution in [3.8, 4) is 29.2 Å². The van der Waals surface area contributed by atoms with Crippen molar-refractivity contribution < 1.29 is 27.0 Å². The van der Waals surface area contributed by atoms with Crippen molar-refractivity contribution in [2.75, 3.05) is 6.61 Å². The molecule has 1 atom stereocenters. The topological polar surface area (TPSA) is 57.1 Å². The van der Waals surface area contributed by atoms with Gasteiger partial charge in [0.05, 0.1) is 5.69 Å². The van der Waals surface area contributed by atoms with Crippen LogP contribution in [0.4, 0.5) is 17.6 Å². The van der Waals surface area contributed by atoms with Crippen molar-refractivity contribution in [3.05, 3.63) is 72.3 Å². The molecule has 0 N–H and O–H groups in total. The molecule has 0 saturated carbocycles. The first-order valence-corrected chi connectivity index (χ1v) is 9.14. The molecular weight excluding hydrogens is 414 g/mol. The highest BCUT2D eigenvalue weighted by Gasteiger charge is 2.36. The van der Waals surface area contributed by atoms with Gasteiger partial charge < -0.3 is 9.47 Å². The van der Waals surface area contributed by atoms with E-state index >= 15 is 0 Å². The van der Waals surface area contributed by atoms with Crippen LogP contribution >= 0.6 is 0 Å². The van der Waals surface area contributed by atoms with Gasteiger partial charge >= 0.3 is 6.36 Å². The zero-order valence-corrected chi connectivity index (χ0v) is 16.4. The lowest BCUT2D eigenvalue weighted by molar-refractivity contribution is -0.274. The van der Waals surface area contributed by atoms with Gasteiger partial charge in [0, 0.05) is 41.3 Å². The van der Waals surface area contributed by atoms with Crippen molar-refractivity contribution in [2.24, 2.45) is 0 Å². The van der Waals surface area contributed by atoms with E-state index in [0.717, 1.165) is 6.07 Å². The predicted molar refractivity (Wildman–Crippen MR) is 104 cm³/mol. The SMILES string of the molecule is C#CCOC(CC)(c1cncnc1)c1ccc(-c2ccc(OC(F)(F)F)cc2F)cn1. The first-order chi connectivity index (χ1) is 14.8. The minimum Gasteiger partial charge on any atom is -0.406 e. The number of hydrogen-bond donors (Lipinski definition) is 0. The standard InChI is InChI=1S/C22H17F4N3O2/c1-3-9-30-21(4-2,16-12-27-14-28-13-16)20-8-5-15(11-29-20)18-7-6-17(10-19(18)23)31-22(24,25)26/h1,5-8,10-14H,4,9H2,2H3. The summed E-state index contributed by atoms with van der Waals surface area (Å²) in [4.78, 5) is 12.5. The van der Waals surface area contributed by atoms with Crippen LogP contribution in [0.5, 0.6) is 5.75 Å². The van der Waals surface area contributed by atoms with E-state index in [-0.39, 0.29) is 12.2 Å². The lowest BCUT2D eigenvalue weighted by atomic mass is 9.88. The van der Waals surface area contributed by atoms with Crippen molar-refractivity contribution >= 4 is 0 Å². The molecule has 1 aromatic carbocycles. The van der Waals surface area contributed by atoms with Crippen LogP contribution in [0.1, 0.15) is 24.6 Å². The number of nitrogens with zero attached hydrogens (tertiary/aromatic N) is 3. The van der Waals surface area contributed by atoms with Crippen molar-refractivity contribution in [3.63, 3.8) is 0 Å². The zero-order chi connectivity index (χ0) is 22.5. The number of pyridine rings is 1. The summed E-state index contributed by atoms with van der Waals surface area (Å²) >= 11 is 0. The molecule has 2 aromatic heterocycles. The fourth-order valence-corrected chi connectivity index (χ4v) is 3.18. The van der Waals surface area contributed by atoms with Crippen LogP contribution in [0.3, 0.4) is 0 Å². The third-order valence-corrected chi connectivity index (χ3v) is 4.59. The molecule has 0 aliphatic carbocycles. The van der Waals surface area contributed by atoms with Crippen LogP contribution in [0.15, 0.2) is 55.2 Å². The van der Waals surface area contributed by atoms with Crippen molar-refractivity contribution in [1.82, 2.24) is 15.0 Å². The van der Waals surface area contributed by atoms with Crippen LogP contribution in [0.25, 0.3) is 11.1 Å². The van der Waals surface area contributed by atoms with Gasteiger partial charge in [0.2, 0.25) is 0 Å². The monoisotopic (exact) mass is 431 g/mol. The van der Waals surface area contributed by atoms with Gasteiger partial charge in [-0.2, -0.15) is 0 Å². The van der Waals surface area contributed by atoms with Gasteiger partial charge in [0.15, 0.2) is 0 Å². The molecule has 0 aliphatic heterocycles. The number of aromatic nitrogens is 3. The van der Waals surface area contributed by atoms with E-state index in [0.29, 0.717) is 29.3 Å². The van der Waals surface area contributed by atoms with Gasteiger partial charge in [-0.05, 0) is 24.6 Å². The first-order valence-electron chi connectivity index (χ1n) is 9.14. The normalized spacial score (nSPS) is 13.3. The number of hydrogen-bond acceptors (Lipinski definition) is 5. The van der Waals surface area contributed by atoms with Crippen molar-refractivity contribution in [2.45, 2.75) is 25.3 Å². The average molecular weight is 431 g/mol. The summed E-state index contributed by atoms with van der Waals surface area (Å²) in [5.41, 5.74) is 0.568. The molecule has 1 unspecified atom stereocenters. The second kappa shape index (κ2) is 9.10. The summed E-state index contributed by atoms with van der Waals surface area (Å²) in [6.45, 7) is 1.90. The Balaban J connectivity index is 1.96. The largest absolute Gasteiger partial charge is 0.573 e. The molecule has 0 amide bonds. The molecule has 9 heteroatoms. The van der Waals surface area contributed by atoms with Crippen LogP contribution < -0.4 is 4.74 Å². The van der Waals surface area contributed by atoms with E-state index in [1.807, 2.05) is 6.92 Å². The Hall–Kier alpha value is -3.51. The molecule has 3 rings (SSSR count). The summed E-state index contributed by atoms with van der Waals surface area (Å²) < 4.78 is 61.1. The molecule has 0 bridgehead atoms. The lowest BCUT2D eigenvalue weighted by Crippen LogP contribution is -2.32. The van der Waals surface area contributed by atoms with E-state index < -0.39 is 23.5 Å². The first kappa shape index (κ1) is 22.2. The second-order valence-corrected chi connectivity index (χ2v) is 6.42. The quantitative estimate of drug-likeness (QED) is 0.394. The number of halogens is 4. The van der Waals surface area contributed by atoms with Gasteiger partial charge in [-0.25, -0.2) is 14.4 Å². The number of terminal acetylenes is 1. The Morgan fingerprint density at radius 2 is 1.81 bits per heavy atom. The Kier molecular flexibility index (Phi) is 6.51. The molecule has 0 radical (unpaired) electrons. The van der Waals surface area contributed by atoms with Gasteiger partial charge in [0.25, 0.3) is 0 Å². The molecule has 0 fully saturated rings. The highest BCUT2D eigenvalue weighted by atomic mass is 19.4. The van der Waals surface area contributed by atoms with Crippen molar-refractivity contribution in [1.29, 1.82) is 0 Å². The lowest BCUT2D eigenvalue weighted by Gasteiger charge is -2.31. The number of alkyl halides is 3. The summed E-state index contributed by atoms with van der Waals surface area (Å²) in [6, 6.07) is 6.14. The summed E-state index contributed by atoms with van der Waals surface area (Å²) in [5.74, 6) is 0.910. The molecule has 3 aromatic rings. The number of ether oxygens (including phenoxy) is 2. The Morgan fingerprint density at radius 1 is 1.06 bits per heavy atom. The molecule has 2 heterocycles. The van der Waals surface area contributed by atoms with E-state index in [9.17, 15) is 17.6 Å². The van der Waals surface area contributed by atoms with Gasteiger partial charge in [0.1, 0.15) is 30.1 Å². The van der Waals surface area contributed by atoms with Crippen LogP contribution in [-0.4, -0.2) is 27.9 Å². The summed E-state index contributed by atoms with van der Waals surface area (Å²) in [7, 11) is 0. The number of benzene rings is 1. The Labute approximate surface area is 176 Å². The van der Waals surface area contributed by atoms with Crippen LogP contribution in [0.2, 0.25) is 0 Å². The third kappa shape index (κ3) is 4.98. The number of rotatable bonds is 7. The molecule has 5 nitrogen and oxygen atoms in total. The second-order valence-electron chi connectivity index (χ2n) is 6.42. The molecular formula is C22H17F4N3O2. The molecule has 160 valence electrons. The maximum absolute atomic E-state index is 14.4. The maximum atomic E-state index is 14.4. The van der Waals surface area contributed by atoms with Crippen LogP contribution in [0, 0.1) is 18.2 Å². The minimum atomic E-state index is -4.90. The van der Waals surface area contributed by atoms with E-state index in [4.69, 9.17) is 11.2 Å². The van der Waals surface area contributed by atoms with Gasteiger partial charge in [-0.15, -0.1) is 19.6 Å². The predicted octanol–water partition coefficient (Wildman–Crippen LogP) is 4.88. The van der Waals surface area contributed by atoms with Gasteiger partial charge in [-0.1, -0.05) is 18.9 Å². The zero-order valence-electron chi connectivity index (χ0n) is 16.4. The fraction of sp³-hybridized carbons (Fsp3) is 0.227.